The second-order valence-corrected chi connectivity index (χ2v) is 5.03. The molecule has 0 spiro atoms. The third-order valence-corrected chi connectivity index (χ3v) is 3.55. The first-order valence-corrected chi connectivity index (χ1v) is 6.76. The van der Waals surface area contributed by atoms with Crippen molar-refractivity contribution in [2.75, 3.05) is 11.1 Å². The number of nitrogens with two attached hydrogens (primary N) is 1. The van der Waals surface area contributed by atoms with Crippen molar-refractivity contribution in [1.82, 2.24) is 0 Å². The third-order valence-electron chi connectivity index (χ3n) is 3.55. The summed E-state index contributed by atoms with van der Waals surface area (Å²) in [7, 11) is 0. The van der Waals surface area contributed by atoms with Gasteiger partial charge in [0, 0.05) is 16.9 Å². The average molecular weight is 292 g/mol. The summed E-state index contributed by atoms with van der Waals surface area (Å²) in [5, 5.41) is 2.81. The van der Waals surface area contributed by atoms with Gasteiger partial charge in [0.1, 0.15) is 17.8 Å². The van der Waals surface area contributed by atoms with Gasteiger partial charge in [-0.1, -0.05) is 0 Å². The van der Waals surface area contributed by atoms with Crippen LogP contribution in [-0.4, -0.2) is 5.91 Å². The summed E-state index contributed by atoms with van der Waals surface area (Å²) in [4.78, 5) is 12.1. The Morgan fingerprint density at radius 3 is 2.86 bits per heavy atom. The zero-order valence-corrected chi connectivity index (χ0v) is 11.5. The highest BCUT2D eigenvalue weighted by Crippen LogP contribution is 2.35. The number of anilines is 2. The molecule has 1 aliphatic heterocycles. The largest absolute Gasteiger partial charge is 0.472 e. The summed E-state index contributed by atoms with van der Waals surface area (Å²) in [6.07, 6.45) is 4.90. The Kier molecular flexibility index (Phi) is 2.66. The van der Waals surface area contributed by atoms with Crippen LogP contribution < -0.4 is 11.1 Å². The van der Waals surface area contributed by atoms with E-state index in [1.807, 2.05) is 18.2 Å². The molecule has 108 valence electrons. The van der Waals surface area contributed by atoms with E-state index in [4.69, 9.17) is 14.6 Å². The van der Waals surface area contributed by atoms with E-state index < -0.39 is 0 Å². The van der Waals surface area contributed by atoms with Crippen molar-refractivity contribution in [2.24, 2.45) is 0 Å². The van der Waals surface area contributed by atoms with Crippen LogP contribution in [0.4, 0.5) is 11.4 Å². The van der Waals surface area contributed by atoms with E-state index in [1.165, 1.54) is 0 Å². The Bertz CT molecular complexity index is 889. The minimum absolute atomic E-state index is 0.165. The molecule has 3 N–H and O–H groups in total. The lowest BCUT2D eigenvalue weighted by Crippen LogP contribution is -2.03. The molecule has 0 radical (unpaired) electrons. The highest BCUT2D eigenvalue weighted by molar-refractivity contribution is 6.34. The number of nitrogens with one attached hydrogen (secondary N) is 1. The molecule has 3 aromatic rings. The standard InChI is InChI=1S/C17H12N2O3/c18-11-1-3-15-13(7-11)14(17(20)19-15)8-12-2-4-16(22-12)10-5-6-21-9-10/h1-9H,18H2,(H,19,20)/b14-8+. The van der Waals surface area contributed by atoms with Crippen molar-refractivity contribution >= 4 is 28.9 Å². The summed E-state index contributed by atoms with van der Waals surface area (Å²) in [5.74, 6) is 1.12. The van der Waals surface area contributed by atoms with E-state index in [0.717, 1.165) is 16.8 Å². The molecule has 4 rings (SSSR count). The lowest BCUT2D eigenvalue weighted by Gasteiger charge is -1.99. The van der Waals surface area contributed by atoms with E-state index in [2.05, 4.69) is 5.32 Å². The summed E-state index contributed by atoms with van der Waals surface area (Å²) in [5.41, 5.74) is 9.34. The number of fused-ring (bicyclic) bond motifs is 1. The maximum Gasteiger partial charge on any atom is 0.256 e. The third kappa shape index (κ3) is 2.00. The predicted molar refractivity (Wildman–Crippen MR) is 83.8 cm³/mol. The summed E-state index contributed by atoms with van der Waals surface area (Å²) in [6.45, 7) is 0. The van der Waals surface area contributed by atoms with Gasteiger partial charge in [0.25, 0.3) is 5.91 Å². The second-order valence-electron chi connectivity index (χ2n) is 5.03. The number of hydrogen-bond donors (Lipinski definition) is 2. The first-order chi connectivity index (χ1) is 10.7. The fraction of sp³-hybridized carbons (Fsp3) is 0. The number of hydrogen-bond acceptors (Lipinski definition) is 4. The molecule has 0 saturated carbocycles. The van der Waals surface area contributed by atoms with Crippen LogP contribution in [0.25, 0.3) is 23.0 Å². The zero-order valence-electron chi connectivity index (χ0n) is 11.5. The van der Waals surface area contributed by atoms with Crippen molar-refractivity contribution in [2.45, 2.75) is 0 Å². The normalized spacial score (nSPS) is 15.1. The smallest absolute Gasteiger partial charge is 0.256 e. The molecule has 0 bridgehead atoms. The molecule has 1 amide bonds. The van der Waals surface area contributed by atoms with Gasteiger partial charge in [-0.2, -0.15) is 0 Å². The minimum Gasteiger partial charge on any atom is -0.472 e. The number of nitrogen functional groups attached to an aromatic ring is 1. The fourth-order valence-corrected chi connectivity index (χ4v) is 2.48. The summed E-state index contributed by atoms with van der Waals surface area (Å²) < 4.78 is 10.8. The van der Waals surface area contributed by atoms with Gasteiger partial charge in [-0.25, -0.2) is 0 Å². The van der Waals surface area contributed by atoms with Crippen LogP contribution in [0.2, 0.25) is 0 Å². The van der Waals surface area contributed by atoms with Crippen molar-refractivity contribution in [3.05, 3.63) is 60.2 Å². The number of carbonyl (C=O) groups is 1. The van der Waals surface area contributed by atoms with E-state index in [9.17, 15) is 4.79 Å². The summed E-state index contributed by atoms with van der Waals surface area (Å²) in [6, 6.07) is 10.8. The van der Waals surface area contributed by atoms with E-state index in [-0.39, 0.29) is 5.91 Å². The van der Waals surface area contributed by atoms with Crippen molar-refractivity contribution < 1.29 is 13.6 Å². The van der Waals surface area contributed by atoms with Crippen LogP contribution in [0.15, 0.2) is 57.8 Å². The molecule has 0 fully saturated rings. The van der Waals surface area contributed by atoms with Gasteiger partial charge in [-0.15, -0.1) is 0 Å². The number of rotatable bonds is 2. The molecule has 1 aromatic carbocycles. The van der Waals surface area contributed by atoms with Crippen LogP contribution in [0.1, 0.15) is 11.3 Å². The lowest BCUT2D eigenvalue weighted by atomic mass is 10.1. The summed E-state index contributed by atoms with van der Waals surface area (Å²) >= 11 is 0. The molecule has 22 heavy (non-hydrogen) atoms. The Hall–Kier alpha value is -3.21. The monoisotopic (exact) mass is 292 g/mol. The molecule has 5 heteroatoms. The highest BCUT2D eigenvalue weighted by atomic mass is 16.3. The van der Waals surface area contributed by atoms with Crippen molar-refractivity contribution in [1.29, 1.82) is 0 Å². The first-order valence-electron chi connectivity index (χ1n) is 6.76. The Morgan fingerprint density at radius 1 is 1.14 bits per heavy atom. The maximum atomic E-state index is 12.1. The molecule has 0 aliphatic carbocycles. The van der Waals surface area contributed by atoms with Gasteiger partial charge in [-0.05, 0) is 42.5 Å². The molecular formula is C17H12N2O3. The molecule has 3 heterocycles. The molecule has 1 aliphatic rings. The molecule has 2 aromatic heterocycles. The Labute approximate surface area is 126 Å². The number of carbonyl (C=O) groups excluding carboxylic acids is 1. The van der Waals surface area contributed by atoms with Crippen LogP contribution in [0.3, 0.4) is 0 Å². The quantitative estimate of drug-likeness (QED) is 0.558. The molecular weight excluding hydrogens is 280 g/mol. The topological polar surface area (TPSA) is 81.4 Å². The van der Waals surface area contributed by atoms with Crippen LogP contribution >= 0.6 is 0 Å². The molecule has 0 atom stereocenters. The molecule has 5 nitrogen and oxygen atoms in total. The fourth-order valence-electron chi connectivity index (χ4n) is 2.48. The van der Waals surface area contributed by atoms with Gasteiger partial charge < -0.3 is 19.9 Å². The van der Waals surface area contributed by atoms with Gasteiger partial charge >= 0.3 is 0 Å². The van der Waals surface area contributed by atoms with Gasteiger partial charge in [0.05, 0.1) is 17.4 Å². The van der Waals surface area contributed by atoms with E-state index in [0.29, 0.717) is 22.8 Å². The predicted octanol–water partition coefficient (Wildman–Crippen LogP) is 3.61. The number of amides is 1. The average Bonchev–Trinajstić information content (AvgIpc) is 3.21. The molecule has 0 unspecified atom stereocenters. The van der Waals surface area contributed by atoms with E-state index >= 15 is 0 Å². The van der Waals surface area contributed by atoms with Gasteiger partial charge in [0.15, 0.2) is 0 Å². The van der Waals surface area contributed by atoms with Gasteiger partial charge in [0.2, 0.25) is 0 Å². The Morgan fingerprint density at radius 2 is 2.05 bits per heavy atom. The highest BCUT2D eigenvalue weighted by Gasteiger charge is 2.24. The van der Waals surface area contributed by atoms with E-state index in [1.54, 1.807) is 36.8 Å². The van der Waals surface area contributed by atoms with Crippen molar-refractivity contribution in [3.63, 3.8) is 0 Å². The van der Waals surface area contributed by atoms with Crippen molar-refractivity contribution in [3.8, 4) is 11.3 Å². The number of furan rings is 2. The van der Waals surface area contributed by atoms with Crippen LogP contribution in [0.5, 0.6) is 0 Å². The maximum absolute atomic E-state index is 12.1. The zero-order chi connectivity index (χ0) is 15.1. The SMILES string of the molecule is Nc1ccc2c(c1)/C(=C\c1ccc(-c3ccoc3)o1)C(=O)N2. The molecule has 0 saturated heterocycles. The van der Waals surface area contributed by atoms with Crippen LogP contribution in [0, 0.1) is 0 Å². The first kappa shape index (κ1) is 12.5. The second kappa shape index (κ2) is 4.66. The van der Waals surface area contributed by atoms with Crippen LogP contribution in [-0.2, 0) is 4.79 Å². The van der Waals surface area contributed by atoms with Gasteiger partial charge in [-0.3, -0.25) is 4.79 Å². The Balaban J connectivity index is 1.75. The lowest BCUT2D eigenvalue weighted by molar-refractivity contribution is -0.110. The minimum atomic E-state index is -0.165. The number of benzene rings is 1.